The lowest BCUT2D eigenvalue weighted by atomic mass is 9.94. The molecule has 0 aliphatic carbocycles. The average molecular weight is 555 g/mol. The Bertz CT molecular complexity index is 1300. The quantitative estimate of drug-likeness (QED) is 0.297. The standard InChI is InChI=1S/C31H33F3N2O4/c1-30(28(37)38,40-27-9-4-3-5-10-27)19-23-13-11-22(12-14-23)7-6-8-26-21-36(29(39)35(26)2)20-24-15-17-25(18-16-24)31(32,33)34/h3-5,9-18,26H,6-8,19-21H2,1-2H3,(H,37,38)/t26-,30+/m1/s1. The van der Waals surface area contributed by atoms with E-state index in [4.69, 9.17) is 4.74 Å². The summed E-state index contributed by atoms with van der Waals surface area (Å²) in [4.78, 5) is 28.1. The Balaban J connectivity index is 1.27. The van der Waals surface area contributed by atoms with Gasteiger partial charge in [0, 0.05) is 26.6 Å². The maximum Gasteiger partial charge on any atom is 0.416 e. The molecule has 3 aromatic rings. The molecule has 0 bridgehead atoms. The van der Waals surface area contributed by atoms with Crippen molar-refractivity contribution in [3.8, 4) is 5.75 Å². The van der Waals surface area contributed by atoms with Gasteiger partial charge in [-0.1, -0.05) is 54.6 Å². The summed E-state index contributed by atoms with van der Waals surface area (Å²) in [5.74, 6) is -0.541. The van der Waals surface area contributed by atoms with Crippen LogP contribution < -0.4 is 4.74 Å². The number of rotatable bonds is 11. The van der Waals surface area contributed by atoms with Crippen molar-refractivity contribution >= 4 is 12.0 Å². The van der Waals surface area contributed by atoms with Crippen LogP contribution >= 0.6 is 0 Å². The Morgan fingerprint density at radius 2 is 1.55 bits per heavy atom. The van der Waals surface area contributed by atoms with Gasteiger partial charge in [0.1, 0.15) is 5.75 Å². The van der Waals surface area contributed by atoms with Crippen LogP contribution in [0.5, 0.6) is 5.75 Å². The van der Waals surface area contributed by atoms with E-state index in [-0.39, 0.29) is 25.0 Å². The largest absolute Gasteiger partial charge is 0.478 e. The summed E-state index contributed by atoms with van der Waals surface area (Å²) in [6.45, 7) is 2.35. The normalized spacial score (nSPS) is 17.1. The fourth-order valence-electron chi connectivity index (χ4n) is 4.93. The molecule has 9 heteroatoms. The van der Waals surface area contributed by atoms with Gasteiger partial charge in [0.2, 0.25) is 5.60 Å². The molecule has 0 spiro atoms. The van der Waals surface area contributed by atoms with Crippen molar-refractivity contribution < 1.29 is 32.6 Å². The number of amides is 2. The van der Waals surface area contributed by atoms with Crippen LogP contribution in [0.2, 0.25) is 0 Å². The predicted octanol–water partition coefficient (Wildman–Crippen LogP) is 6.43. The number of hydrogen-bond donors (Lipinski definition) is 1. The Morgan fingerprint density at radius 3 is 2.15 bits per heavy atom. The number of carbonyl (C=O) groups excluding carboxylic acids is 1. The molecule has 0 unspecified atom stereocenters. The molecule has 3 aromatic carbocycles. The number of benzene rings is 3. The van der Waals surface area contributed by atoms with Gasteiger partial charge in [-0.05, 0) is 67.1 Å². The van der Waals surface area contributed by atoms with Crippen molar-refractivity contribution in [2.75, 3.05) is 13.6 Å². The first-order valence-corrected chi connectivity index (χ1v) is 13.2. The van der Waals surface area contributed by atoms with Gasteiger partial charge < -0.3 is 19.6 Å². The number of carbonyl (C=O) groups is 2. The zero-order valence-corrected chi connectivity index (χ0v) is 22.5. The molecule has 1 saturated heterocycles. The SMILES string of the molecule is CN1C(=O)N(Cc2ccc(C(F)(F)F)cc2)C[C@H]1CCCc1ccc(C[C@](C)(Oc2ccccc2)C(=O)O)cc1. The van der Waals surface area contributed by atoms with Gasteiger partial charge in [-0.2, -0.15) is 13.2 Å². The average Bonchev–Trinajstić information content (AvgIpc) is 3.17. The van der Waals surface area contributed by atoms with Crippen molar-refractivity contribution in [3.05, 3.63) is 101 Å². The zero-order chi connectivity index (χ0) is 28.9. The third-order valence-corrected chi connectivity index (χ3v) is 7.31. The molecule has 2 atom stereocenters. The highest BCUT2D eigenvalue weighted by atomic mass is 19.4. The minimum absolute atomic E-state index is 0.0210. The summed E-state index contributed by atoms with van der Waals surface area (Å²) in [6, 6.07) is 21.5. The third-order valence-electron chi connectivity index (χ3n) is 7.31. The van der Waals surface area contributed by atoms with E-state index in [1.54, 1.807) is 48.0 Å². The number of aliphatic carboxylic acids is 1. The molecule has 1 fully saturated rings. The Kier molecular flexibility index (Phi) is 8.71. The molecule has 4 rings (SSSR count). The smallest absolute Gasteiger partial charge is 0.416 e. The predicted molar refractivity (Wildman–Crippen MR) is 145 cm³/mol. The number of carboxylic acid groups (broad SMARTS) is 1. The van der Waals surface area contributed by atoms with Gasteiger partial charge in [-0.25, -0.2) is 9.59 Å². The lowest BCUT2D eigenvalue weighted by molar-refractivity contribution is -0.153. The van der Waals surface area contributed by atoms with Crippen LogP contribution in [0.3, 0.4) is 0 Å². The summed E-state index contributed by atoms with van der Waals surface area (Å²) in [7, 11) is 1.76. The summed E-state index contributed by atoms with van der Waals surface area (Å²) >= 11 is 0. The number of para-hydroxylation sites is 1. The molecular formula is C31H33F3N2O4. The topological polar surface area (TPSA) is 70.1 Å². The number of aryl methyl sites for hydroxylation is 1. The second-order valence-electron chi connectivity index (χ2n) is 10.5. The Labute approximate surface area is 232 Å². The number of nitrogens with zero attached hydrogens (tertiary/aromatic N) is 2. The first kappa shape index (κ1) is 29.0. The summed E-state index contributed by atoms with van der Waals surface area (Å²) < 4.78 is 44.3. The first-order chi connectivity index (χ1) is 18.9. The monoisotopic (exact) mass is 554 g/mol. The van der Waals surface area contributed by atoms with Crippen molar-refractivity contribution in [3.63, 3.8) is 0 Å². The second-order valence-corrected chi connectivity index (χ2v) is 10.5. The van der Waals surface area contributed by atoms with Gasteiger partial charge in [0.15, 0.2) is 0 Å². The number of hydrogen-bond acceptors (Lipinski definition) is 3. The van der Waals surface area contributed by atoms with Crippen LogP contribution in [0.25, 0.3) is 0 Å². The van der Waals surface area contributed by atoms with Crippen LogP contribution in [-0.4, -0.2) is 52.1 Å². The van der Waals surface area contributed by atoms with Crippen LogP contribution in [0.1, 0.15) is 42.0 Å². The molecule has 1 N–H and O–H groups in total. The van der Waals surface area contributed by atoms with Gasteiger partial charge in [0.25, 0.3) is 0 Å². The fraction of sp³-hybridized carbons (Fsp3) is 0.355. The zero-order valence-electron chi connectivity index (χ0n) is 22.5. The van der Waals surface area contributed by atoms with E-state index in [9.17, 15) is 27.9 Å². The number of alkyl halides is 3. The number of carboxylic acids is 1. The molecule has 0 saturated carbocycles. The first-order valence-electron chi connectivity index (χ1n) is 13.2. The summed E-state index contributed by atoms with van der Waals surface area (Å²) in [5, 5.41) is 9.81. The van der Waals surface area contributed by atoms with Crippen molar-refractivity contribution in [1.82, 2.24) is 9.80 Å². The highest BCUT2D eigenvalue weighted by Crippen LogP contribution is 2.30. The van der Waals surface area contributed by atoms with Crippen molar-refractivity contribution in [2.24, 2.45) is 0 Å². The second kappa shape index (κ2) is 12.0. The number of ether oxygens (including phenoxy) is 1. The molecule has 0 aromatic heterocycles. The summed E-state index contributed by atoms with van der Waals surface area (Å²) in [6.07, 6.45) is -1.74. The van der Waals surface area contributed by atoms with E-state index in [1.807, 2.05) is 30.3 Å². The number of likely N-dealkylation sites (N-methyl/N-ethyl adjacent to an activating group) is 1. The van der Waals surface area contributed by atoms with Crippen LogP contribution in [0.15, 0.2) is 78.9 Å². The highest BCUT2D eigenvalue weighted by Gasteiger charge is 2.36. The van der Waals surface area contributed by atoms with Gasteiger partial charge in [-0.15, -0.1) is 0 Å². The molecular weight excluding hydrogens is 521 g/mol. The molecule has 1 aliphatic heterocycles. The lowest BCUT2D eigenvalue weighted by Gasteiger charge is -2.26. The minimum atomic E-state index is -4.39. The molecule has 1 aliphatic rings. The lowest BCUT2D eigenvalue weighted by Crippen LogP contribution is -2.43. The molecule has 1 heterocycles. The Morgan fingerprint density at radius 1 is 0.950 bits per heavy atom. The van der Waals surface area contributed by atoms with E-state index >= 15 is 0 Å². The Hall–Kier alpha value is -4.01. The van der Waals surface area contributed by atoms with Gasteiger partial charge in [-0.3, -0.25) is 0 Å². The van der Waals surface area contributed by atoms with Gasteiger partial charge in [0.05, 0.1) is 11.6 Å². The fourth-order valence-corrected chi connectivity index (χ4v) is 4.93. The van der Waals surface area contributed by atoms with E-state index in [0.717, 1.165) is 42.5 Å². The summed E-state index contributed by atoms with van der Waals surface area (Å²) in [5.41, 5.74) is 0.504. The van der Waals surface area contributed by atoms with Crippen molar-refractivity contribution in [1.29, 1.82) is 0 Å². The van der Waals surface area contributed by atoms with E-state index in [2.05, 4.69) is 0 Å². The third kappa shape index (κ3) is 7.14. The number of urea groups is 1. The molecule has 40 heavy (non-hydrogen) atoms. The highest BCUT2D eigenvalue weighted by molar-refractivity contribution is 5.78. The van der Waals surface area contributed by atoms with E-state index in [0.29, 0.717) is 17.9 Å². The molecule has 2 amide bonds. The molecule has 0 radical (unpaired) electrons. The van der Waals surface area contributed by atoms with Crippen molar-refractivity contribution in [2.45, 2.75) is 57.0 Å². The van der Waals surface area contributed by atoms with Crippen LogP contribution in [-0.2, 0) is 30.4 Å². The maximum absolute atomic E-state index is 12.8. The van der Waals surface area contributed by atoms with E-state index in [1.165, 1.54) is 12.1 Å². The van der Waals surface area contributed by atoms with Gasteiger partial charge >= 0.3 is 18.2 Å². The molecule has 212 valence electrons. The van der Waals surface area contributed by atoms with Crippen LogP contribution in [0.4, 0.5) is 18.0 Å². The maximum atomic E-state index is 12.8. The van der Waals surface area contributed by atoms with E-state index < -0.39 is 23.3 Å². The van der Waals surface area contributed by atoms with Crippen LogP contribution in [0, 0.1) is 0 Å². The minimum Gasteiger partial charge on any atom is -0.478 e. The number of halogens is 3. The molecule has 6 nitrogen and oxygen atoms in total.